The molecule has 1 saturated carbocycles. The van der Waals surface area contributed by atoms with Gasteiger partial charge in [0.15, 0.2) is 0 Å². The molecule has 1 aliphatic heterocycles. The van der Waals surface area contributed by atoms with Gasteiger partial charge in [-0.1, -0.05) is 26.8 Å². The predicted octanol–water partition coefficient (Wildman–Crippen LogP) is 2.79. The fraction of sp³-hybridized carbons (Fsp3) is 0.619. The number of nitrogens with one attached hydrogen (secondary N) is 1. The molecule has 148 valence electrons. The van der Waals surface area contributed by atoms with Gasteiger partial charge in [-0.05, 0) is 36.5 Å². The quantitative estimate of drug-likeness (QED) is 0.744. The summed E-state index contributed by atoms with van der Waals surface area (Å²) in [7, 11) is 0. The van der Waals surface area contributed by atoms with Crippen LogP contribution in [0.4, 0.5) is 5.69 Å². The summed E-state index contributed by atoms with van der Waals surface area (Å²) in [4.78, 5) is 26.8. The summed E-state index contributed by atoms with van der Waals surface area (Å²) in [5, 5.41) is 2.88. The third-order valence-corrected chi connectivity index (χ3v) is 5.06. The molecule has 3 unspecified atom stereocenters. The number of hydrogen-bond acceptors (Lipinski definition) is 5. The van der Waals surface area contributed by atoms with Gasteiger partial charge in [-0.25, -0.2) is 4.79 Å². The van der Waals surface area contributed by atoms with Crippen LogP contribution in [0.25, 0.3) is 0 Å². The number of benzene rings is 1. The second-order valence-corrected chi connectivity index (χ2v) is 8.13. The van der Waals surface area contributed by atoms with Crippen molar-refractivity contribution in [3.8, 4) is 0 Å². The van der Waals surface area contributed by atoms with Crippen molar-refractivity contribution in [1.82, 2.24) is 4.90 Å². The maximum atomic E-state index is 12.4. The molecule has 2 fully saturated rings. The monoisotopic (exact) mass is 374 g/mol. The number of morpholine rings is 1. The Morgan fingerprint density at radius 3 is 2.85 bits per heavy atom. The molecule has 6 nitrogen and oxygen atoms in total. The van der Waals surface area contributed by atoms with Gasteiger partial charge in [0, 0.05) is 31.2 Å². The average molecular weight is 374 g/mol. The van der Waals surface area contributed by atoms with Gasteiger partial charge in [-0.15, -0.1) is 0 Å². The molecule has 1 aliphatic carbocycles. The highest BCUT2D eigenvalue weighted by Crippen LogP contribution is 2.38. The molecule has 27 heavy (non-hydrogen) atoms. The lowest BCUT2D eigenvalue weighted by Gasteiger charge is -2.33. The third-order valence-electron chi connectivity index (χ3n) is 5.06. The normalized spacial score (nSPS) is 25.3. The molecule has 1 heterocycles. The van der Waals surface area contributed by atoms with Crippen molar-refractivity contribution in [1.29, 1.82) is 0 Å². The van der Waals surface area contributed by atoms with Crippen molar-refractivity contribution >= 4 is 17.6 Å². The molecule has 0 bridgehead atoms. The molecule has 1 saturated heterocycles. The standard InChI is InChI=1S/C21H30N2O4/c1-14(2)11-23-7-8-26-18(12-23)13-27-21(25)16-5-4-6-17(10-16)22-20(24)19-9-15(19)3/h4-6,10,14-15,18-19H,7-9,11-13H2,1-3H3,(H,22,24). The maximum absolute atomic E-state index is 12.4. The minimum absolute atomic E-state index is 0.0221. The predicted molar refractivity (Wildman–Crippen MR) is 104 cm³/mol. The summed E-state index contributed by atoms with van der Waals surface area (Å²) >= 11 is 0. The van der Waals surface area contributed by atoms with Crippen molar-refractivity contribution in [3.63, 3.8) is 0 Å². The van der Waals surface area contributed by atoms with E-state index in [1.165, 1.54) is 0 Å². The smallest absolute Gasteiger partial charge is 0.338 e. The fourth-order valence-electron chi connectivity index (χ4n) is 3.46. The van der Waals surface area contributed by atoms with Crippen molar-refractivity contribution in [3.05, 3.63) is 29.8 Å². The van der Waals surface area contributed by atoms with Crippen molar-refractivity contribution in [2.24, 2.45) is 17.8 Å². The molecule has 1 amide bonds. The van der Waals surface area contributed by atoms with Gasteiger partial charge >= 0.3 is 5.97 Å². The van der Waals surface area contributed by atoms with Crippen LogP contribution >= 0.6 is 0 Å². The van der Waals surface area contributed by atoms with Crippen molar-refractivity contribution in [2.75, 3.05) is 38.2 Å². The third kappa shape index (κ3) is 5.78. The van der Waals surface area contributed by atoms with Crippen molar-refractivity contribution < 1.29 is 19.1 Å². The summed E-state index contributed by atoms with van der Waals surface area (Å²) < 4.78 is 11.2. The molecule has 0 aromatic heterocycles. The van der Waals surface area contributed by atoms with Gasteiger partial charge in [0.05, 0.1) is 12.2 Å². The Morgan fingerprint density at radius 2 is 2.15 bits per heavy atom. The molecule has 1 aromatic rings. The number of ether oxygens (including phenoxy) is 2. The van der Waals surface area contributed by atoms with E-state index in [1.807, 2.05) is 0 Å². The first-order valence-corrected chi connectivity index (χ1v) is 9.84. The number of rotatable bonds is 7. The largest absolute Gasteiger partial charge is 0.459 e. The van der Waals surface area contributed by atoms with Gasteiger partial charge in [-0.2, -0.15) is 0 Å². The van der Waals surface area contributed by atoms with Gasteiger partial charge in [0.2, 0.25) is 5.91 Å². The molecule has 2 aliphatic rings. The SMILES string of the molecule is CC(C)CN1CCOC(COC(=O)c2cccc(NC(=O)C3CC3C)c2)C1. The fourth-order valence-corrected chi connectivity index (χ4v) is 3.46. The highest BCUT2D eigenvalue weighted by molar-refractivity contribution is 5.96. The highest BCUT2D eigenvalue weighted by atomic mass is 16.6. The Labute approximate surface area is 161 Å². The van der Waals surface area contributed by atoms with Gasteiger partial charge in [0.25, 0.3) is 0 Å². The lowest BCUT2D eigenvalue weighted by Crippen LogP contribution is -2.45. The van der Waals surface area contributed by atoms with Crippen LogP contribution in [0.2, 0.25) is 0 Å². The van der Waals surface area contributed by atoms with E-state index < -0.39 is 5.97 Å². The Kier molecular flexibility index (Phi) is 6.50. The van der Waals surface area contributed by atoms with E-state index >= 15 is 0 Å². The number of carbonyl (C=O) groups excluding carboxylic acids is 2. The Hall–Kier alpha value is -1.92. The lowest BCUT2D eigenvalue weighted by atomic mass is 10.2. The zero-order valence-corrected chi connectivity index (χ0v) is 16.4. The molecule has 3 rings (SSSR count). The molecule has 1 N–H and O–H groups in total. The van der Waals surface area contributed by atoms with E-state index in [9.17, 15) is 9.59 Å². The first kappa shape index (κ1) is 19.8. The molecule has 0 spiro atoms. The highest BCUT2D eigenvalue weighted by Gasteiger charge is 2.39. The first-order valence-electron chi connectivity index (χ1n) is 9.84. The van der Waals surface area contributed by atoms with E-state index in [0.29, 0.717) is 29.7 Å². The van der Waals surface area contributed by atoms with E-state index in [1.54, 1.807) is 24.3 Å². The van der Waals surface area contributed by atoms with Gasteiger partial charge in [-0.3, -0.25) is 9.69 Å². The van der Waals surface area contributed by atoms with Crippen LogP contribution in [-0.2, 0) is 14.3 Å². The van der Waals surface area contributed by atoms with Crippen molar-refractivity contribution in [2.45, 2.75) is 33.3 Å². The van der Waals surface area contributed by atoms with Gasteiger partial charge in [0.1, 0.15) is 12.7 Å². The summed E-state index contributed by atoms with van der Waals surface area (Å²) in [5.41, 5.74) is 1.07. The second kappa shape index (κ2) is 8.85. The van der Waals surface area contributed by atoms with E-state index in [4.69, 9.17) is 9.47 Å². The van der Waals surface area contributed by atoms with Crippen LogP contribution in [0.3, 0.4) is 0 Å². The van der Waals surface area contributed by atoms with Crippen LogP contribution in [0.15, 0.2) is 24.3 Å². The second-order valence-electron chi connectivity index (χ2n) is 8.13. The summed E-state index contributed by atoms with van der Waals surface area (Å²) in [6.45, 7) is 10.1. The number of hydrogen-bond donors (Lipinski definition) is 1. The number of esters is 1. The Morgan fingerprint density at radius 1 is 1.37 bits per heavy atom. The summed E-state index contributed by atoms with van der Waals surface area (Å²) in [6.07, 6.45) is 0.837. The first-order chi connectivity index (χ1) is 12.9. The molecule has 1 aromatic carbocycles. The topological polar surface area (TPSA) is 67.9 Å². The molecule has 3 atom stereocenters. The van der Waals surface area contributed by atoms with Crippen LogP contribution in [0, 0.1) is 17.8 Å². The van der Waals surface area contributed by atoms with E-state index in [-0.39, 0.29) is 24.5 Å². The number of nitrogens with zero attached hydrogens (tertiary/aromatic N) is 1. The molecular weight excluding hydrogens is 344 g/mol. The molecular formula is C21H30N2O4. The van der Waals surface area contributed by atoms with Crippen LogP contribution < -0.4 is 5.32 Å². The van der Waals surface area contributed by atoms with Crippen LogP contribution in [-0.4, -0.2) is 55.7 Å². The minimum Gasteiger partial charge on any atom is -0.459 e. The van der Waals surface area contributed by atoms with E-state index in [2.05, 4.69) is 31.0 Å². The van der Waals surface area contributed by atoms with Crippen LogP contribution in [0.1, 0.15) is 37.6 Å². The Balaban J connectivity index is 1.49. The summed E-state index contributed by atoms with van der Waals surface area (Å²) in [6, 6.07) is 6.91. The maximum Gasteiger partial charge on any atom is 0.338 e. The molecule has 0 radical (unpaired) electrons. The average Bonchev–Trinajstić information content (AvgIpc) is 3.36. The van der Waals surface area contributed by atoms with Gasteiger partial charge < -0.3 is 14.8 Å². The Bertz CT molecular complexity index is 676. The number of carbonyl (C=O) groups is 2. The lowest BCUT2D eigenvalue weighted by molar-refractivity contribution is -0.117. The van der Waals surface area contributed by atoms with Crippen LogP contribution in [0.5, 0.6) is 0 Å². The van der Waals surface area contributed by atoms with E-state index in [0.717, 1.165) is 26.1 Å². The minimum atomic E-state index is -0.393. The zero-order valence-electron chi connectivity index (χ0n) is 16.4. The summed E-state index contributed by atoms with van der Waals surface area (Å²) in [5.74, 6) is 0.772. The molecule has 6 heteroatoms. The zero-order chi connectivity index (χ0) is 19.4. The number of amides is 1. The number of anilines is 1.